The van der Waals surface area contributed by atoms with E-state index in [0.717, 1.165) is 11.1 Å². The van der Waals surface area contributed by atoms with Gasteiger partial charge in [-0.2, -0.15) is 0 Å². The minimum Gasteiger partial charge on any atom is -0.507 e. The molecule has 7 heteroatoms. The van der Waals surface area contributed by atoms with Crippen LogP contribution in [-0.4, -0.2) is 30.5 Å². The smallest absolute Gasteiger partial charge is 0.300 e. The topological polar surface area (TPSA) is 76.1 Å². The molecule has 3 aromatic rings. The Morgan fingerprint density at radius 3 is 2.26 bits per heavy atom. The standard InChI is InChI=1S/C28H26ClNO5/c1-5-35-20-12-8-18(9-13-20)24-23(25(31)21-14-17(3)15-22(29)27(21)34-4)26(32)28(33)30(24)19-10-6-16(2)7-11-19/h6-15,24,31H,5H2,1-4H3/b25-23+. The van der Waals surface area contributed by atoms with Crippen molar-refractivity contribution in [3.05, 3.63) is 93.5 Å². The first-order chi connectivity index (χ1) is 16.8. The largest absolute Gasteiger partial charge is 0.507 e. The van der Waals surface area contributed by atoms with Gasteiger partial charge in [0.15, 0.2) is 0 Å². The third-order valence-electron chi connectivity index (χ3n) is 5.91. The molecule has 0 aliphatic carbocycles. The van der Waals surface area contributed by atoms with Crippen molar-refractivity contribution < 1.29 is 24.2 Å². The number of carbonyl (C=O) groups is 2. The van der Waals surface area contributed by atoms with E-state index in [4.69, 9.17) is 21.1 Å². The number of rotatable bonds is 6. The number of aliphatic hydroxyl groups is 1. The number of aliphatic hydroxyl groups excluding tert-OH is 1. The first kappa shape index (κ1) is 24.4. The van der Waals surface area contributed by atoms with Gasteiger partial charge in [0.25, 0.3) is 11.7 Å². The van der Waals surface area contributed by atoms with Gasteiger partial charge in [0.2, 0.25) is 0 Å². The lowest BCUT2D eigenvalue weighted by Crippen LogP contribution is -2.29. The second-order valence-corrected chi connectivity index (χ2v) is 8.74. The highest BCUT2D eigenvalue weighted by Gasteiger charge is 2.47. The Balaban J connectivity index is 1.96. The first-order valence-electron chi connectivity index (χ1n) is 11.2. The molecule has 4 rings (SSSR count). The summed E-state index contributed by atoms with van der Waals surface area (Å²) in [5.41, 5.74) is 3.18. The molecule has 0 saturated carbocycles. The number of ether oxygens (including phenoxy) is 2. The van der Waals surface area contributed by atoms with Crippen molar-refractivity contribution in [1.29, 1.82) is 0 Å². The van der Waals surface area contributed by atoms with Gasteiger partial charge < -0.3 is 14.6 Å². The van der Waals surface area contributed by atoms with Crippen LogP contribution in [0.1, 0.15) is 35.2 Å². The summed E-state index contributed by atoms with van der Waals surface area (Å²) in [5, 5.41) is 11.8. The van der Waals surface area contributed by atoms with Gasteiger partial charge in [0.1, 0.15) is 17.3 Å². The Bertz CT molecular complexity index is 1310. The molecule has 1 aliphatic heterocycles. The van der Waals surface area contributed by atoms with Crippen LogP contribution in [0.3, 0.4) is 0 Å². The maximum Gasteiger partial charge on any atom is 0.300 e. The normalized spacial score (nSPS) is 17.1. The Hall–Kier alpha value is -3.77. The quantitative estimate of drug-likeness (QED) is 0.260. The lowest BCUT2D eigenvalue weighted by Gasteiger charge is -2.26. The van der Waals surface area contributed by atoms with Gasteiger partial charge in [-0.3, -0.25) is 14.5 Å². The van der Waals surface area contributed by atoms with Gasteiger partial charge in [0.05, 0.1) is 35.9 Å². The molecule has 1 fully saturated rings. The zero-order valence-corrected chi connectivity index (χ0v) is 20.7. The first-order valence-corrected chi connectivity index (χ1v) is 11.6. The Morgan fingerprint density at radius 1 is 1.00 bits per heavy atom. The third kappa shape index (κ3) is 4.49. The zero-order valence-electron chi connectivity index (χ0n) is 20.0. The molecule has 180 valence electrons. The molecule has 6 nitrogen and oxygen atoms in total. The minimum absolute atomic E-state index is 0.0419. The number of amides is 1. The SMILES string of the molecule is CCOc1ccc(C2/C(=C(\O)c3cc(C)cc(Cl)c3OC)C(=O)C(=O)N2c2ccc(C)cc2)cc1. The Kier molecular flexibility index (Phi) is 6.85. The fourth-order valence-corrected chi connectivity index (χ4v) is 4.64. The van der Waals surface area contributed by atoms with Crippen molar-refractivity contribution in [3.8, 4) is 11.5 Å². The van der Waals surface area contributed by atoms with Gasteiger partial charge in [-0.1, -0.05) is 41.4 Å². The summed E-state index contributed by atoms with van der Waals surface area (Å²) in [5.74, 6) is -0.981. The Labute approximate surface area is 209 Å². The number of hydrogen-bond acceptors (Lipinski definition) is 5. The predicted molar refractivity (Wildman–Crippen MR) is 136 cm³/mol. The highest BCUT2D eigenvalue weighted by Crippen LogP contribution is 2.44. The van der Waals surface area contributed by atoms with E-state index in [1.165, 1.54) is 12.0 Å². The summed E-state index contributed by atoms with van der Waals surface area (Å²) in [4.78, 5) is 28.1. The molecule has 0 bridgehead atoms. The fraction of sp³-hybridized carbons (Fsp3) is 0.214. The van der Waals surface area contributed by atoms with Crippen LogP contribution in [0.4, 0.5) is 5.69 Å². The number of Topliss-reactive ketones (excluding diaryl/α,β-unsaturated/α-hetero) is 1. The molecular formula is C28H26ClNO5. The molecule has 0 spiro atoms. The molecular weight excluding hydrogens is 466 g/mol. The van der Waals surface area contributed by atoms with Gasteiger partial charge in [-0.25, -0.2) is 0 Å². The summed E-state index contributed by atoms with van der Waals surface area (Å²) in [6.45, 7) is 6.15. The highest BCUT2D eigenvalue weighted by molar-refractivity contribution is 6.51. The molecule has 1 heterocycles. The van der Waals surface area contributed by atoms with Crippen LogP contribution in [0.15, 0.2) is 66.2 Å². The number of ketones is 1. The van der Waals surface area contributed by atoms with E-state index < -0.39 is 17.7 Å². The second-order valence-electron chi connectivity index (χ2n) is 8.33. The van der Waals surface area contributed by atoms with Crippen molar-refractivity contribution in [2.75, 3.05) is 18.6 Å². The lowest BCUT2D eigenvalue weighted by molar-refractivity contribution is -0.132. The molecule has 35 heavy (non-hydrogen) atoms. The fourth-order valence-electron chi connectivity index (χ4n) is 4.29. The molecule has 3 aromatic carbocycles. The number of benzene rings is 3. The number of methoxy groups -OCH3 is 1. The van der Waals surface area contributed by atoms with Crippen LogP contribution in [-0.2, 0) is 9.59 Å². The van der Waals surface area contributed by atoms with Crippen LogP contribution in [0.25, 0.3) is 5.76 Å². The second kappa shape index (κ2) is 9.84. The Morgan fingerprint density at radius 2 is 1.66 bits per heavy atom. The van der Waals surface area contributed by atoms with Crippen LogP contribution >= 0.6 is 11.6 Å². The van der Waals surface area contributed by atoms with E-state index in [2.05, 4.69) is 0 Å². The maximum absolute atomic E-state index is 13.4. The molecule has 1 unspecified atom stereocenters. The van der Waals surface area contributed by atoms with E-state index in [1.54, 1.807) is 48.5 Å². The van der Waals surface area contributed by atoms with E-state index in [0.29, 0.717) is 28.6 Å². The minimum atomic E-state index is -0.864. The summed E-state index contributed by atoms with van der Waals surface area (Å²) in [7, 11) is 1.43. The molecule has 1 aliphatic rings. The van der Waals surface area contributed by atoms with Crippen LogP contribution in [0.5, 0.6) is 11.5 Å². The van der Waals surface area contributed by atoms with Crippen molar-refractivity contribution in [1.82, 2.24) is 0 Å². The number of halogens is 1. The monoisotopic (exact) mass is 491 g/mol. The lowest BCUT2D eigenvalue weighted by atomic mass is 9.94. The van der Waals surface area contributed by atoms with Gasteiger partial charge >= 0.3 is 0 Å². The van der Waals surface area contributed by atoms with Crippen LogP contribution in [0, 0.1) is 13.8 Å². The van der Waals surface area contributed by atoms with E-state index in [-0.39, 0.29) is 22.6 Å². The van der Waals surface area contributed by atoms with E-state index in [9.17, 15) is 14.7 Å². The van der Waals surface area contributed by atoms with Crippen molar-refractivity contribution >= 4 is 34.7 Å². The number of hydrogen-bond donors (Lipinski definition) is 1. The van der Waals surface area contributed by atoms with E-state index >= 15 is 0 Å². The maximum atomic E-state index is 13.4. The molecule has 1 amide bonds. The summed E-state index contributed by atoms with van der Waals surface area (Å²) >= 11 is 6.36. The molecule has 1 N–H and O–H groups in total. The summed E-state index contributed by atoms with van der Waals surface area (Å²) in [6, 6.07) is 16.9. The number of anilines is 1. The number of nitrogens with zero attached hydrogens (tertiary/aromatic N) is 1. The third-order valence-corrected chi connectivity index (χ3v) is 6.19. The zero-order chi connectivity index (χ0) is 25.3. The summed E-state index contributed by atoms with van der Waals surface area (Å²) in [6.07, 6.45) is 0. The molecule has 0 radical (unpaired) electrons. The summed E-state index contributed by atoms with van der Waals surface area (Å²) < 4.78 is 11.0. The average molecular weight is 492 g/mol. The molecule has 0 aromatic heterocycles. The van der Waals surface area contributed by atoms with Gasteiger partial charge in [-0.05, 0) is 68.3 Å². The average Bonchev–Trinajstić information content (AvgIpc) is 3.10. The van der Waals surface area contributed by atoms with Crippen LogP contribution in [0.2, 0.25) is 5.02 Å². The van der Waals surface area contributed by atoms with Gasteiger partial charge in [0, 0.05) is 5.69 Å². The van der Waals surface area contributed by atoms with Crippen molar-refractivity contribution in [2.45, 2.75) is 26.8 Å². The van der Waals surface area contributed by atoms with E-state index in [1.807, 2.05) is 32.9 Å². The van der Waals surface area contributed by atoms with Crippen LogP contribution < -0.4 is 14.4 Å². The molecule has 1 saturated heterocycles. The van der Waals surface area contributed by atoms with Crippen molar-refractivity contribution in [3.63, 3.8) is 0 Å². The van der Waals surface area contributed by atoms with Gasteiger partial charge in [-0.15, -0.1) is 0 Å². The number of carbonyl (C=O) groups excluding carboxylic acids is 2. The van der Waals surface area contributed by atoms with Crippen molar-refractivity contribution in [2.24, 2.45) is 0 Å². The number of aryl methyl sites for hydroxylation is 2. The molecule has 1 atom stereocenters. The predicted octanol–water partition coefficient (Wildman–Crippen LogP) is 5.99. The highest BCUT2D eigenvalue weighted by atomic mass is 35.5.